The molecule has 0 unspecified atom stereocenters. The largest absolute Gasteiger partial charge is 0.351 e. The van der Waals surface area contributed by atoms with E-state index < -0.39 is 0 Å². The molecule has 21 heavy (non-hydrogen) atoms. The monoisotopic (exact) mass is 305 g/mol. The van der Waals surface area contributed by atoms with Crippen LogP contribution in [0.15, 0.2) is 36.4 Å². The lowest BCUT2D eigenvalue weighted by atomic mass is 10.0. The normalized spacial score (nSPS) is 15.9. The zero-order valence-electron chi connectivity index (χ0n) is 11.7. The summed E-state index contributed by atoms with van der Waals surface area (Å²) in [5.41, 5.74) is 0.710. The molecule has 1 saturated carbocycles. The van der Waals surface area contributed by atoms with E-state index in [-0.39, 0.29) is 17.1 Å². The molecule has 0 atom stereocenters. The van der Waals surface area contributed by atoms with E-state index in [4.69, 9.17) is 11.6 Å². The second kappa shape index (κ2) is 5.64. The molecule has 1 aliphatic carbocycles. The van der Waals surface area contributed by atoms with Gasteiger partial charge in [-0.1, -0.05) is 24.3 Å². The van der Waals surface area contributed by atoms with E-state index in [1.165, 1.54) is 6.07 Å². The number of halogens is 2. The first-order chi connectivity index (χ1) is 10.2. The van der Waals surface area contributed by atoms with Crippen LogP contribution >= 0.6 is 11.6 Å². The summed E-state index contributed by atoms with van der Waals surface area (Å²) < 4.78 is 13.8. The zero-order valence-corrected chi connectivity index (χ0v) is 12.4. The van der Waals surface area contributed by atoms with Crippen molar-refractivity contribution in [3.63, 3.8) is 0 Å². The number of benzene rings is 2. The summed E-state index contributed by atoms with van der Waals surface area (Å²) in [6.07, 6.45) is 3.16. The van der Waals surface area contributed by atoms with Crippen molar-refractivity contribution in [3.05, 3.63) is 47.8 Å². The molecule has 1 amide bonds. The van der Waals surface area contributed by atoms with Gasteiger partial charge in [-0.15, -0.1) is 11.6 Å². The van der Waals surface area contributed by atoms with Gasteiger partial charge in [-0.3, -0.25) is 4.79 Å². The van der Waals surface area contributed by atoms with Crippen LogP contribution in [-0.2, 0) is 0 Å². The smallest absolute Gasteiger partial charge is 0.251 e. The van der Waals surface area contributed by atoms with Crippen LogP contribution in [0.5, 0.6) is 0 Å². The van der Waals surface area contributed by atoms with Crippen molar-refractivity contribution in [1.29, 1.82) is 0 Å². The molecule has 2 nitrogen and oxygen atoms in total. The Morgan fingerprint density at radius 1 is 1.19 bits per heavy atom. The molecule has 4 heteroatoms. The summed E-state index contributed by atoms with van der Waals surface area (Å²) >= 11 is 5.80. The van der Waals surface area contributed by atoms with Gasteiger partial charge in [0.2, 0.25) is 0 Å². The van der Waals surface area contributed by atoms with E-state index in [2.05, 4.69) is 5.32 Å². The maximum atomic E-state index is 13.8. The van der Waals surface area contributed by atoms with Crippen LogP contribution in [0.25, 0.3) is 10.8 Å². The molecule has 1 N–H and O–H groups in total. The van der Waals surface area contributed by atoms with Gasteiger partial charge in [0.25, 0.3) is 5.91 Å². The van der Waals surface area contributed by atoms with Gasteiger partial charge in [0.05, 0.1) is 0 Å². The first-order valence-electron chi connectivity index (χ1n) is 7.17. The fourth-order valence-corrected chi connectivity index (χ4v) is 3.12. The van der Waals surface area contributed by atoms with Gasteiger partial charge in [0, 0.05) is 23.4 Å². The molecule has 0 saturated heterocycles. The van der Waals surface area contributed by atoms with E-state index in [9.17, 15) is 9.18 Å². The molecule has 0 spiro atoms. The van der Waals surface area contributed by atoms with Crippen LogP contribution in [0.1, 0.15) is 29.6 Å². The summed E-state index contributed by atoms with van der Waals surface area (Å²) in [7, 11) is 0. The standard InChI is InChI=1S/C17H17ClFNO/c18-10-9-17(7-8-17)11-20-16(21)14-5-6-15(19)13-4-2-1-3-12(13)14/h1-6H,7-11H2,(H,20,21). The van der Waals surface area contributed by atoms with Gasteiger partial charge < -0.3 is 5.32 Å². The quantitative estimate of drug-likeness (QED) is 0.827. The summed E-state index contributed by atoms with van der Waals surface area (Å²) in [5, 5.41) is 4.11. The predicted octanol–water partition coefficient (Wildman–Crippen LogP) is 4.12. The Morgan fingerprint density at radius 3 is 2.57 bits per heavy atom. The topological polar surface area (TPSA) is 29.1 Å². The van der Waals surface area contributed by atoms with Crippen LogP contribution in [-0.4, -0.2) is 18.3 Å². The highest BCUT2D eigenvalue weighted by molar-refractivity contribution is 6.17. The molecule has 2 aromatic carbocycles. The Morgan fingerprint density at radius 2 is 1.90 bits per heavy atom. The number of nitrogens with one attached hydrogen (secondary N) is 1. The van der Waals surface area contributed by atoms with Gasteiger partial charge in [-0.05, 0) is 42.2 Å². The number of fused-ring (bicyclic) bond motifs is 1. The van der Waals surface area contributed by atoms with Crippen LogP contribution in [0.3, 0.4) is 0 Å². The van der Waals surface area contributed by atoms with Crippen LogP contribution in [0, 0.1) is 11.2 Å². The number of rotatable bonds is 5. The molecule has 0 aromatic heterocycles. The number of carbonyl (C=O) groups is 1. The maximum Gasteiger partial charge on any atom is 0.251 e. The molecule has 1 fully saturated rings. The third-order valence-corrected chi connectivity index (χ3v) is 4.51. The van der Waals surface area contributed by atoms with Crippen LogP contribution in [0.2, 0.25) is 0 Å². The molecule has 0 radical (unpaired) electrons. The third-order valence-electron chi connectivity index (χ3n) is 4.32. The molecular formula is C17H17ClFNO. The minimum Gasteiger partial charge on any atom is -0.351 e. The van der Waals surface area contributed by atoms with E-state index in [0.717, 1.165) is 19.3 Å². The van der Waals surface area contributed by atoms with Crippen molar-refractivity contribution in [3.8, 4) is 0 Å². The Bertz CT molecular complexity index is 682. The summed E-state index contributed by atoms with van der Waals surface area (Å²) in [6, 6.07) is 9.95. The first kappa shape index (κ1) is 14.3. The molecule has 0 bridgehead atoms. The predicted molar refractivity (Wildman–Crippen MR) is 83.2 cm³/mol. The number of alkyl halides is 1. The van der Waals surface area contributed by atoms with Crippen molar-refractivity contribution in [2.24, 2.45) is 5.41 Å². The fourth-order valence-electron chi connectivity index (χ4n) is 2.72. The Hall–Kier alpha value is -1.61. The van der Waals surface area contributed by atoms with Crippen molar-refractivity contribution in [2.45, 2.75) is 19.3 Å². The lowest BCUT2D eigenvalue weighted by Gasteiger charge is -2.15. The van der Waals surface area contributed by atoms with Crippen molar-refractivity contribution < 1.29 is 9.18 Å². The molecule has 2 aromatic rings. The zero-order chi connectivity index (χ0) is 14.9. The second-order valence-electron chi connectivity index (χ2n) is 5.76. The molecule has 110 valence electrons. The first-order valence-corrected chi connectivity index (χ1v) is 7.70. The molecule has 1 aliphatic rings. The molecular weight excluding hydrogens is 289 g/mol. The lowest BCUT2D eigenvalue weighted by molar-refractivity contribution is 0.0946. The minimum atomic E-state index is -0.303. The van der Waals surface area contributed by atoms with Gasteiger partial charge in [-0.2, -0.15) is 0 Å². The summed E-state index contributed by atoms with van der Waals surface area (Å²) in [5.74, 6) is 0.171. The Balaban J connectivity index is 1.81. The minimum absolute atomic E-state index is 0.146. The molecule has 3 rings (SSSR count). The Labute approximate surface area is 128 Å². The summed E-state index contributed by atoms with van der Waals surface area (Å²) in [6.45, 7) is 0.643. The number of hydrogen-bond donors (Lipinski definition) is 1. The van der Waals surface area contributed by atoms with E-state index >= 15 is 0 Å². The molecule has 0 heterocycles. The van der Waals surface area contributed by atoms with Crippen LogP contribution < -0.4 is 5.32 Å². The number of hydrogen-bond acceptors (Lipinski definition) is 1. The summed E-state index contributed by atoms with van der Waals surface area (Å²) in [4.78, 5) is 12.4. The average molecular weight is 306 g/mol. The van der Waals surface area contributed by atoms with Gasteiger partial charge in [0.15, 0.2) is 0 Å². The highest BCUT2D eigenvalue weighted by Gasteiger charge is 2.41. The van der Waals surface area contributed by atoms with Crippen molar-refractivity contribution in [2.75, 3.05) is 12.4 Å². The van der Waals surface area contributed by atoms with Gasteiger partial charge in [-0.25, -0.2) is 4.39 Å². The number of amides is 1. The van der Waals surface area contributed by atoms with Gasteiger partial charge >= 0.3 is 0 Å². The highest BCUT2D eigenvalue weighted by Crippen LogP contribution is 2.48. The van der Waals surface area contributed by atoms with Crippen molar-refractivity contribution >= 4 is 28.3 Å². The van der Waals surface area contributed by atoms with Gasteiger partial charge in [0.1, 0.15) is 5.82 Å². The molecule has 0 aliphatic heterocycles. The van der Waals surface area contributed by atoms with Crippen LogP contribution in [0.4, 0.5) is 4.39 Å². The number of carbonyl (C=O) groups excluding carboxylic acids is 1. The highest BCUT2D eigenvalue weighted by atomic mass is 35.5. The van der Waals surface area contributed by atoms with E-state index in [0.29, 0.717) is 28.8 Å². The fraction of sp³-hybridized carbons (Fsp3) is 0.353. The average Bonchev–Trinajstić information content (AvgIpc) is 3.26. The third kappa shape index (κ3) is 2.88. The van der Waals surface area contributed by atoms with Crippen molar-refractivity contribution in [1.82, 2.24) is 5.32 Å². The van der Waals surface area contributed by atoms with E-state index in [1.807, 2.05) is 6.07 Å². The SMILES string of the molecule is O=C(NCC1(CCCl)CC1)c1ccc(F)c2ccccc12. The maximum absolute atomic E-state index is 13.8. The lowest BCUT2D eigenvalue weighted by Crippen LogP contribution is -2.30. The second-order valence-corrected chi connectivity index (χ2v) is 6.14. The Kier molecular flexibility index (Phi) is 3.85. The van der Waals surface area contributed by atoms with E-state index in [1.54, 1.807) is 24.3 Å².